The van der Waals surface area contributed by atoms with Gasteiger partial charge in [0.2, 0.25) is 0 Å². The Kier molecular flexibility index (Phi) is 2.92. The first kappa shape index (κ1) is 10.1. The van der Waals surface area contributed by atoms with Crippen molar-refractivity contribution in [3.8, 4) is 0 Å². The van der Waals surface area contributed by atoms with Gasteiger partial charge >= 0.3 is 0 Å². The monoisotopic (exact) mass is 222 g/mol. The van der Waals surface area contributed by atoms with Gasteiger partial charge in [-0.3, -0.25) is 9.97 Å². The standard InChI is InChI=1S/C11H8ClFN2/c12-8-3-4-9(15-7-8)6-11-10(13)2-1-5-14-11/h1-5,7H,6H2. The molecule has 76 valence electrons. The van der Waals surface area contributed by atoms with Crippen molar-refractivity contribution >= 4 is 11.6 Å². The molecule has 0 saturated carbocycles. The van der Waals surface area contributed by atoms with Crippen LogP contribution >= 0.6 is 11.6 Å². The van der Waals surface area contributed by atoms with Crippen molar-refractivity contribution < 1.29 is 4.39 Å². The molecule has 2 nitrogen and oxygen atoms in total. The first-order valence-electron chi connectivity index (χ1n) is 4.45. The first-order chi connectivity index (χ1) is 7.25. The Hall–Kier alpha value is -1.48. The Balaban J connectivity index is 2.22. The molecule has 2 heterocycles. The third kappa shape index (κ3) is 2.50. The smallest absolute Gasteiger partial charge is 0.145 e. The van der Waals surface area contributed by atoms with Crippen LogP contribution < -0.4 is 0 Å². The molecule has 0 amide bonds. The average molecular weight is 223 g/mol. The largest absolute Gasteiger partial charge is 0.259 e. The molecule has 2 aromatic rings. The van der Waals surface area contributed by atoms with Crippen molar-refractivity contribution in [2.24, 2.45) is 0 Å². The van der Waals surface area contributed by atoms with Crippen LogP contribution in [0.2, 0.25) is 5.02 Å². The number of halogens is 2. The average Bonchev–Trinajstić information content (AvgIpc) is 2.25. The molecular formula is C11H8ClFN2. The summed E-state index contributed by atoms with van der Waals surface area (Å²) < 4.78 is 13.2. The minimum absolute atomic E-state index is 0.311. The van der Waals surface area contributed by atoms with E-state index < -0.39 is 0 Å². The summed E-state index contributed by atoms with van der Waals surface area (Å²) in [4.78, 5) is 8.02. The molecule has 0 N–H and O–H groups in total. The minimum atomic E-state index is -0.311. The number of hydrogen-bond acceptors (Lipinski definition) is 2. The second-order valence-electron chi connectivity index (χ2n) is 3.08. The number of nitrogens with zero attached hydrogens (tertiary/aromatic N) is 2. The van der Waals surface area contributed by atoms with Gasteiger partial charge in [-0.15, -0.1) is 0 Å². The van der Waals surface area contributed by atoms with E-state index in [4.69, 9.17) is 11.6 Å². The van der Waals surface area contributed by atoms with Crippen molar-refractivity contribution in [3.63, 3.8) is 0 Å². The van der Waals surface area contributed by atoms with Crippen LogP contribution in [0.3, 0.4) is 0 Å². The van der Waals surface area contributed by atoms with Crippen LogP contribution in [-0.2, 0) is 6.42 Å². The highest BCUT2D eigenvalue weighted by Crippen LogP contribution is 2.11. The summed E-state index contributed by atoms with van der Waals surface area (Å²) in [5.41, 5.74) is 1.14. The fourth-order valence-electron chi connectivity index (χ4n) is 1.23. The van der Waals surface area contributed by atoms with Gasteiger partial charge in [0, 0.05) is 24.5 Å². The highest BCUT2D eigenvalue weighted by molar-refractivity contribution is 6.30. The van der Waals surface area contributed by atoms with Crippen LogP contribution in [0.1, 0.15) is 11.4 Å². The predicted octanol–water partition coefficient (Wildman–Crippen LogP) is 2.86. The molecule has 15 heavy (non-hydrogen) atoms. The van der Waals surface area contributed by atoms with E-state index in [0.29, 0.717) is 17.1 Å². The SMILES string of the molecule is Fc1cccnc1Cc1ccc(Cl)cn1. The van der Waals surface area contributed by atoms with Crippen LogP contribution in [0, 0.1) is 5.82 Å². The lowest BCUT2D eigenvalue weighted by atomic mass is 10.2. The van der Waals surface area contributed by atoms with Crippen LogP contribution in [0.25, 0.3) is 0 Å². The number of pyridine rings is 2. The molecule has 0 atom stereocenters. The van der Waals surface area contributed by atoms with Gasteiger partial charge in [-0.05, 0) is 24.3 Å². The molecule has 0 aliphatic carbocycles. The van der Waals surface area contributed by atoms with Crippen molar-refractivity contribution in [1.82, 2.24) is 9.97 Å². The van der Waals surface area contributed by atoms with Gasteiger partial charge in [0.15, 0.2) is 0 Å². The molecule has 0 spiro atoms. The summed E-state index contributed by atoms with van der Waals surface area (Å²) in [5.74, 6) is -0.311. The van der Waals surface area contributed by atoms with E-state index in [2.05, 4.69) is 9.97 Å². The van der Waals surface area contributed by atoms with Gasteiger partial charge in [0.25, 0.3) is 0 Å². The Morgan fingerprint density at radius 1 is 1.20 bits per heavy atom. The van der Waals surface area contributed by atoms with E-state index >= 15 is 0 Å². The predicted molar refractivity (Wildman–Crippen MR) is 56.2 cm³/mol. The minimum Gasteiger partial charge on any atom is -0.259 e. The number of rotatable bonds is 2. The molecule has 0 unspecified atom stereocenters. The van der Waals surface area contributed by atoms with Gasteiger partial charge in [-0.25, -0.2) is 4.39 Å². The maximum atomic E-state index is 13.2. The quantitative estimate of drug-likeness (QED) is 0.781. The Morgan fingerprint density at radius 3 is 2.73 bits per heavy atom. The maximum absolute atomic E-state index is 13.2. The zero-order chi connectivity index (χ0) is 10.7. The molecule has 0 bridgehead atoms. The van der Waals surface area contributed by atoms with Crippen LogP contribution in [0.15, 0.2) is 36.7 Å². The number of aromatic nitrogens is 2. The first-order valence-corrected chi connectivity index (χ1v) is 4.83. The Morgan fingerprint density at radius 2 is 2.07 bits per heavy atom. The lowest BCUT2D eigenvalue weighted by Crippen LogP contribution is -1.97. The molecular weight excluding hydrogens is 215 g/mol. The van der Waals surface area contributed by atoms with E-state index in [1.165, 1.54) is 12.3 Å². The third-order valence-corrected chi connectivity index (χ3v) is 2.20. The summed E-state index contributed by atoms with van der Waals surface area (Å²) in [6.45, 7) is 0. The fourth-order valence-corrected chi connectivity index (χ4v) is 1.34. The molecule has 4 heteroatoms. The van der Waals surface area contributed by atoms with Crippen LogP contribution in [0.5, 0.6) is 0 Å². The molecule has 0 aromatic carbocycles. The summed E-state index contributed by atoms with van der Waals surface area (Å²) in [7, 11) is 0. The molecule has 0 aliphatic heterocycles. The van der Waals surface area contributed by atoms with Crippen molar-refractivity contribution in [1.29, 1.82) is 0 Å². The summed E-state index contributed by atoms with van der Waals surface area (Å²) >= 11 is 5.69. The van der Waals surface area contributed by atoms with E-state index in [1.807, 2.05) is 0 Å². The van der Waals surface area contributed by atoms with Gasteiger partial charge in [-0.2, -0.15) is 0 Å². The van der Waals surface area contributed by atoms with Gasteiger partial charge in [-0.1, -0.05) is 11.6 Å². The van der Waals surface area contributed by atoms with E-state index in [1.54, 1.807) is 24.4 Å². The topological polar surface area (TPSA) is 25.8 Å². The van der Waals surface area contributed by atoms with Crippen molar-refractivity contribution in [3.05, 3.63) is 58.9 Å². The zero-order valence-corrected chi connectivity index (χ0v) is 8.58. The van der Waals surface area contributed by atoms with Crippen LogP contribution in [0.4, 0.5) is 4.39 Å². The summed E-state index contributed by atoms with van der Waals surface area (Å²) in [5, 5.41) is 0.570. The molecule has 0 saturated heterocycles. The van der Waals surface area contributed by atoms with Gasteiger partial charge in [0.05, 0.1) is 10.7 Å². The van der Waals surface area contributed by atoms with Crippen molar-refractivity contribution in [2.75, 3.05) is 0 Å². The fraction of sp³-hybridized carbons (Fsp3) is 0.0909. The van der Waals surface area contributed by atoms with E-state index in [9.17, 15) is 4.39 Å². The number of hydrogen-bond donors (Lipinski definition) is 0. The highest BCUT2D eigenvalue weighted by atomic mass is 35.5. The van der Waals surface area contributed by atoms with E-state index in [-0.39, 0.29) is 5.82 Å². The molecule has 0 radical (unpaired) electrons. The molecule has 2 rings (SSSR count). The summed E-state index contributed by atoms with van der Waals surface area (Å²) in [6.07, 6.45) is 3.48. The second-order valence-corrected chi connectivity index (χ2v) is 3.51. The lowest BCUT2D eigenvalue weighted by Gasteiger charge is -2.01. The highest BCUT2D eigenvalue weighted by Gasteiger charge is 2.04. The van der Waals surface area contributed by atoms with Crippen LogP contribution in [-0.4, -0.2) is 9.97 Å². The molecule has 2 aromatic heterocycles. The normalized spacial score (nSPS) is 10.3. The third-order valence-electron chi connectivity index (χ3n) is 1.97. The van der Waals surface area contributed by atoms with Crippen molar-refractivity contribution in [2.45, 2.75) is 6.42 Å². The summed E-state index contributed by atoms with van der Waals surface area (Å²) in [6, 6.07) is 6.44. The maximum Gasteiger partial charge on any atom is 0.145 e. The zero-order valence-electron chi connectivity index (χ0n) is 7.82. The second kappa shape index (κ2) is 4.36. The molecule has 0 fully saturated rings. The lowest BCUT2D eigenvalue weighted by molar-refractivity contribution is 0.603. The Bertz CT molecular complexity index is 456. The van der Waals surface area contributed by atoms with Gasteiger partial charge in [0.1, 0.15) is 5.82 Å². The molecule has 0 aliphatic rings. The van der Waals surface area contributed by atoms with E-state index in [0.717, 1.165) is 5.69 Å². The Labute approximate surface area is 91.8 Å². The van der Waals surface area contributed by atoms with Gasteiger partial charge < -0.3 is 0 Å².